The number of rotatable bonds is 3. The van der Waals surface area contributed by atoms with E-state index in [1.54, 1.807) is 18.2 Å². The number of halogens is 3. The minimum Gasteiger partial charge on any atom is -0.307 e. The fourth-order valence-corrected chi connectivity index (χ4v) is 3.95. The fourth-order valence-electron chi connectivity index (χ4n) is 2.11. The van der Waals surface area contributed by atoms with E-state index in [1.165, 1.54) is 6.07 Å². The van der Waals surface area contributed by atoms with Crippen LogP contribution in [0.2, 0.25) is 10.0 Å². The lowest BCUT2D eigenvalue weighted by Crippen LogP contribution is -2.46. The van der Waals surface area contributed by atoms with E-state index in [0.717, 1.165) is 25.9 Å². The molecule has 10 heteroatoms. The lowest BCUT2D eigenvalue weighted by atomic mass is 10.2. The summed E-state index contributed by atoms with van der Waals surface area (Å²) in [5.74, 6) is -0.396. The van der Waals surface area contributed by atoms with Crippen molar-refractivity contribution in [2.75, 3.05) is 5.32 Å². The van der Waals surface area contributed by atoms with Crippen molar-refractivity contribution in [2.24, 2.45) is 0 Å². The molecule has 0 unspecified atom stereocenters. The summed E-state index contributed by atoms with van der Waals surface area (Å²) in [5.41, 5.74) is 3.74. The molecule has 1 aliphatic heterocycles. The predicted octanol–water partition coefficient (Wildman–Crippen LogP) is 5.54. The minimum atomic E-state index is -0.625. The first kappa shape index (κ1) is 20.4. The van der Waals surface area contributed by atoms with Gasteiger partial charge in [-0.25, -0.2) is 10.2 Å². The molecule has 27 heavy (non-hydrogen) atoms. The molecule has 1 heterocycles. The molecular formula is C17H10Cl2IN3O2S2. The first-order valence-electron chi connectivity index (χ1n) is 7.40. The first-order chi connectivity index (χ1) is 12.8. The number of benzene rings is 2. The second kappa shape index (κ2) is 8.78. The van der Waals surface area contributed by atoms with Gasteiger partial charge >= 0.3 is 6.03 Å². The summed E-state index contributed by atoms with van der Waals surface area (Å²) in [5, 5.41) is 4.29. The van der Waals surface area contributed by atoms with Gasteiger partial charge in [-0.15, -0.1) is 0 Å². The Morgan fingerprint density at radius 3 is 2.52 bits per heavy atom. The molecule has 2 aromatic carbocycles. The third kappa shape index (κ3) is 5.14. The number of thiocarbonyl (C=S) groups is 1. The van der Waals surface area contributed by atoms with Gasteiger partial charge in [0, 0.05) is 9.26 Å². The number of carbonyl (C=O) groups excluding carboxylic acids is 2. The Bertz CT molecular complexity index is 967. The molecule has 5 nitrogen and oxygen atoms in total. The molecule has 3 amide bonds. The predicted molar refractivity (Wildman–Crippen MR) is 123 cm³/mol. The summed E-state index contributed by atoms with van der Waals surface area (Å²) in [6.07, 6.45) is 1.73. The highest BCUT2D eigenvalue weighted by Crippen LogP contribution is 2.31. The number of urea groups is 1. The third-order valence-corrected chi connectivity index (χ3v) is 6.11. The average Bonchev–Trinajstić information content (AvgIpc) is 2.87. The molecule has 3 rings (SSSR count). The highest BCUT2D eigenvalue weighted by atomic mass is 127. The lowest BCUT2D eigenvalue weighted by molar-refractivity contribution is -0.123. The Hall–Kier alpha value is -1.33. The van der Waals surface area contributed by atoms with E-state index in [9.17, 15) is 9.59 Å². The summed E-state index contributed by atoms with van der Waals surface area (Å²) >= 11 is 20.3. The number of nitrogens with one attached hydrogen (secondary N) is 2. The van der Waals surface area contributed by atoms with Crippen LogP contribution in [0.15, 0.2) is 47.4 Å². The molecule has 1 saturated heterocycles. The molecule has 1 aliphatic rings. The van der Waals surface area contributed by atoms with Crippen molar-refractivity contribution in [3.05, 3.63) is 66.5 Å². The zero-order valence-corrected chi connectivity index (χ0v) is 18.6. The number of amides is 3. The smallest absolute Gasteiger partial charge is 0.307 e. The quantitative estimate of drug-likeness (QED) is 0.300. The third-order valence-electron chi connectivity index (χ3n) is 3.35. The van der Waals surface area contributed by atoms with E-state index in [1.807, 2.05) is 24.3 Å². The van der Waals surface area contributed by atoms with E-state index in [2.05, 4.69) is 33.3 Å². The average molecular weight is 550 g/mol. The van der Waals surface area contributed by atoms with Crippen molar-refractivity contribution in [3.8, 4) is 0 Å². The summed E-state index contributed by atoms with van der Waals surface area (Å²) < 4.78 is 1.33. The van der Waals surface area contributed by atoms with Crippen LogP contribution in [-0.4, -0.2) is 21.3 Å². The van der Waals surface area contributed by atoms with E-state index in [4.69, 9.17) is 35.4 Å². The maximum Gasteiger partial charge on any atom is 0.338 e. The number of thioether (sulfide) groups is 1. The van der Waals surface area contributed by atoms with Crippen LogP contribution in [0.3, 0.4) is 0 Å². The van der Waals surface area contributed by atoms with E-state index in [-0.39, 0.29) is 4.32 Å². The fraction of sp³-hybridized carbons (Fsp3) is 0. The van der Waals surface area contributed by atoms with Crippen molar-refractivity contribution in [2.45, 2.75) is 0 Å². The second-order valence-corrected chi connectivity index (χ2v) is 9.00. The largest absolute Gasteiger partial charge is 0.338 e. The lowest BCUT2D eigenvalue weighted by Gasteiger charge is -2.16. The monoisotopic (exact) mass is 549 g/mol. The van der Waals surface area contributed by atoms with Gasteiger partial charge in [0.1, 0.15) is 0 Å². The van der Waals surface area contributed by atoms with Crippen molar-refractivity contribution in [1.29, 1.82) is 0 Å². The molecule has 0 aliphatic carbocycles. The van der Waals surface area contributed by atoms with Gasteiger partial charge in [0.25, 0.3) is 5.91 Å². The van der Waals surface area contributed by atoms with Crippen LogP contribution < -0.4 is 10.7 Å². The van der Waals surface area contributed by atoms with Gasteiger partial charge in [-0.3, -0.25) is 4.79 Å². The van der Waals surface area contributed by atoms with Crippen LogP contribution in [-0.2, 0) is 4.79 Å². The molecule has 0 aromatic heterocycles. The number of anilines is 1. The normalized spacial score (nSPS) is 15.4. The van der Waals surface area contributed by atoms with Crippen molar-refractivity contribution < 1.29 is 9.59 Å². The van der Waals surface area contributed by atoms with E-state index in [0.29, 0.717) is 20.6 Å². The Morgan fingerprint density at radius 1 is 1.15 bits per heavy atom. The van der Waals surface area contributed by atoms with Gasteiger partial charge < -0.3 is 5.32 Å². The molecule has 0 spiro atoms. The van der Waals surface area contributed by atoms with Crippen molar-refractivity contribution in [1.82, 2.24) is 10.4 Å². The number of hydrogen-bond donors (Lipinski definition) is 2. The standard InChI is InChI=1S/C17H10Cl2IN3O2S2/c18-12-6-5-11(8-13(12)19)21-16(25)22-23-15(24)14(27-17(23)26)7-9-1-3-10(20)4-2-9/h1-8H,(H2,21,22,25)/b14-7-. The van der Waals surface area contributed by atoms with E-state index >= 15 is 0 Å². The van der Waals surface area contributed by atoms with Gasteiger partial charge in [0.15, 0.2) is 4.32 Å². The maximum atomic E-state index is 12.5. The Balaban J connectivity index is 1.68. The molecule has 0 saturated carbocycles. The Labute approximate surface area is 188 Å². The maximum absolute atomic E-state index is 12.5. The molecular weight excluding hydrogens is 540 g/mol. The van der Waals surface area contributed by atoms with Gasteiger partial charge in [-0.2, -0.15) is 5.01 Å². The molecule has 0 radical (unpaired) electrons. The summed E-state index contributed by atoms with van der Waals surface area (Å²) in [7, 11) is 0. The zero-order valence-electron chi connectivity index (χ0n) is 13.3. The minimum absolute atomic E-state index is 0.237. The number of hydrazine groups is 1. The van der Waals surface area contributed by atoms with Crippen LogP contribution in [0.4, 0.5) is 10.5 Å². The Morgan fingerprint density at radius 2 is 1.85 bits per heavy atom. The molecule has 1 fully saturated rings. The summed E-state index contributed by atoms with van der Waals surface area (Å²) in [6.45, 7) is 0. The number of hydrogen-bond acceptors (Lipinski definition) is 4. The second-order valence-electron chi connectivity index (χ2n) is 5.26. The highest BCUT2D eigenvalue weighted by Gasteiger charge is 2.33. The van der Waals surface area contributed by atoms with Crippen LogP contribution in [0.5, 0.6) is 0 Å². The highest BCUT2D eigenvalue weighted by molar-refractivity contribution is 14.1. The summed E-state index contributed by atoms with van der Waals surface area (Å²) in [4.78, 5) is 25.1. The van der Waals surface area contributed by atoms with Gasteiger partial charge in [0.05, 0.1) is 15.0 Å². The van der Waals surface area contributed by atoms with Crippen LogP contribution >= 0.6 is 69.8 Å². The molecule has 2 N–H and O–H groups in total. The van der Waals surface area contributed by atoms with Gasteiger partial charge in [0.2, 0.25) is 0 Å². The topological polar surface area (TPSA) is 61.4 Å². The molecule has 138 valence electrons. The van der Waals surface area contributed by atoms with Crippen LogP contribution in [0, 0.1) is 3.57 Å². The zero-order chi connectivity index (χ0) is 19.6. The van der Waals surface area contributed by atoms with Crippen LogP contribution in [0.1, 0.15) is 5.56 Å². The van der Waals surface area contributed by atoms with Gasteiger partial charge in [-0.1, -0.05) is 47.1 Å². The molecule has 0 bridgehead atoms. The number of nitrogens with zero attached hydrogens (tertiary/aromatic N) is 1. The SMILES string of the molecule is O=C(Nc1ccc(Cl)c(Cl)c1)NN1C(=O)/C(=C/c2ccc(I)cc2)SC1=S. The van der Waals surface area contributed by atoms with Crippen molar-refractivity contribution in [3.63, 3.8) is 0 Å². The summed E-state index contributed by atoms with van der Waals surface area (Å²) in [6, 6.07) is 11.7. The van der Waals surface area contributed by atoms with E-state index < -0.39 is 11.9 Å². The first-order valence-corrected chi connectivity index (χ1v) is 10.5. The molecule has 2 aromatic rings. The Kier molecular flexibility index (Phi) is 6.64. The molecule has 0 atom stereocenters. The van der Waals surface area contributed by atoms with Gasteiger partial charge in [-0.05, 0) is 76.8 Å². The number of carbonyl (C=O) groups is 2. The van der Waals surface area contributed by atoms with Crippen LogP contribution in [0.25, 0.3) is 6.08 Å². The van der Waals surface area contributed by atoms with Crippen molar-refractivity contribution >= 4 is 97.8 Å².